The van der Waals surface area contributed by atoms with E-state index < -0.39 is 42.7 Å². The number of carbonyl (C=O) groups is 3. The Kier molecular flexibility index (Phi) is 16.6. The molecule has 0 amide bonds. The van der Waals surface area contributed by atoms with E-state index in [4.69, 9.17) is 19.7 Å². The molecule has 0 aliphatic rings. The molecule has 0 saturated carbocycles. The van der Waals surface area contributed by atoms with Gasteiger partial charge in [0.1, 0.15) is 6.61 Å². The predicted molar refractivity (Wildman–Crippen MR) is 116 cm³/mol. The van der Waals surface area contributed by atoms with Crippen LogP contribution in [0, 0.1) is 0 Å². The highest BCUT2D eigenvalue weighted by atomic mass is 19.1. The molecule has 0 bridgehead atoms. The van der Waals surface area contributed by atoms with Gasteiger partial charge in [-0.05, 0) is 32.1 Å². The lowest BCUT2D eigenvalue weighted by Crippen LogP contribution is -2.46. The summed E-state index contributed by atoms with van der Waals surface area (Å²) in [7, 11) is 1.17. The van der Waals surface area contributed by atoms with E-state index in [2.05, 4.69) is 19.1 Å². The zero-order valence-corrected chi connectivity index (χ0v) is 18.9. The van der Waals surface area contributed by atoms with E-state index in [1.807, 2.05) is 0 Å². The van der Waals surface area contributed by atoms with Gasteiger partial charge in [0.2, 0.25) is 0 Å². The van der Waals surface area contributed by atoms with Gasteiger partial charge < -0.3 is 19.7 Å². The Morgan fingerprint density at radius 1 is 0.903 bits per heavy atom. The number of unbranched alkanes of at least 4 members (excludes halogenated alkanes) is 9. The molecule has 0 spiro atoms. The Bertz CT molecular complexity index is 534. The van der Waals surface area contributed by atoms with E-state index in [0.29, 0.717) is 6.42 Å². The number of hydrogen-bond donors (Lipinski definition) is 2. The molecular weight excluding hydrogens is 407 g/mol. The molecule has 0 aromatic carbocycles. The highest BCUT2D eigenvalue weighted by molar-refractivity contribution is 6.01. The zero-order valence-electron chi connectivity index (χ0n) is 18.9. The van der Waals surface area contributed by atoms with E-state index in [1.165, 1.54) is 32.8 Å². The van der Waals surface area contributed by atoms with Crippen molar-refractivity contribution in [1.82, 2.24) is 0 Å². The molecule has 0 aliphatic heterocycles. The van der Waals surface area contributed by atoms with Crippen molar-refractivity contribution in [3.05, 3.63) is 12.2 Å². The summed E-state index contributed by atoms with van der Waals surface area (Å²) in [4.78, 5) is 33.5. The Labute approximate surface area is 185 Å². The average molecular weight is 447 g/mol. The third-order valence-electron chi connectivity index (χ3n) is 5.09. The Morgan fingerprint density at radius 2 is 1.42 bits per heavy atom. The SMILES string of the molecule is CCCCCC/C=C\CCCCCCCC(=O)OC[C@H](CC(F)(C(=O)O)C(=O)O)OC. The number of halogens is 1. The fourth-order valence-electron chi connectivity index (χ4n) is 3.03. The van der Waals surface area contributed by atoms with Gasteiger partial charge in [0.25, 0.3) is 0 Å². The summed E-state index contributed by atoms with van der Waals surface area (Å²) in [6.45, 7) is 1.81. The number of ether oxygens (including phenoxy) is 2. The number of alkyl halides is 1. The molecule has 0 aromatic heterocycles. The van der Waals surface area contributed by atoms with Gasteiger partial charge in [-0.15, -0.1) is 0 Å². The Balaban J connectivity index is 3.84. The third kappa shape index (κ3) is 13.9. The second kappa shape index (κ2) is 17.7. The summed E-state index contributed by atoms with van der Waals surface area (Å²) < 4.78 is 23.9. The van der Waals surface area contributed by atoms with E-state index in [-0.39, 0.29) is 6.42 Å². The fourth-order valence-corrected chi connectivity index (χ4v) is 3.03. The number of rotatable bonds is 20. The standard InChI is InChI=1S/C23H39FO7/c1-3-4-5-6-7-8-9-10-11-12-13-14-15-16-20(25)31-18-19(30-2)17-23(24,21(26)27)22(28)29/h8-9,19H,3-7,10-18H2,1-2H3,(H,26,27)(H,28,29)/b9-8-/t19-/m0/s1. The normalized spacial score (nSPS) is 12.7. The van der Waals surface area contributed by atoms with Gasteiger partial charge in [0.05, 0.1) is 6.10 Å². The molecule has 180 valence electrons. The second-order valence-electron chi connectivity index (χ2n) is 7.78. The number of esters is 1. The van der Waals surface area contributed by atoms with Crippen LogP contribution >= 0.6 is 0 Å². The van der Waals surface area contributed by atoms with Crippen LogP contribution in [-0.2, 0) is 23.9 Å². The minimum Gasteiger partial charge on any atom is -0.478 e. The highest BCUT2D eigenvalue weighted by Gasteiger charge is 2.49. The van der Waals surface area contributed by atoms with E-state index >= 15 is 0 Å². The third-order valence-corrected chi connectivity index (χ3v) is 5.09. The first kappa shape index (κ1) is 29.0. The maximum Gasteiger partial charge on any atom is 0.353 e. The lowest BCUT2D eigenvalue weighted by atomic mass is 9.98. The molecule has 0 aliphatic carbocycles. The van der Waals surface area contributed by atoms with Crippen molar-refractivity contribution in [2.24, 2.45) is 0 Å². The summed E-state index contributed by atoms with van der Waals surface area (Å²) >= 11 is 0. The fraction of sp³-hybridized carbons (Fsp3) is 0.783. The molecule has 8 heteroatoms. The van der Waals surface area contributed by atoms with Crippen LogP contribution in [0.4, 0.5) is 4.39 Å². The molecule has 31 heavy (non-hydrogen) atoms. The first-order valence-electron chi connectivity index (χ1n) is 11.3. The minimum absolute atomic E-state index is 0.201. The van der Waals surface area contributed by atoms with Crippen molar-refractivity contribution in [3.8, 4) is 0 Å². The van der Waals surface area contributed by atoms with Crippen LogP contribution in [0.15, 0.2) is 12.2 Å². The molecule has 0 saturated heterocycles. The maximum absolute atomic E-state index is 14.1. The number of allylic oxidation sites excluding steroid dienone is 2. The van der Waals surface area contributed by atoms with Gasteiger partial charge in [-0.2, -0.15) is 0 Å². The van der Waals surface area contributed by atoms with Crippen LogP contribution in [0.3, 0.4) is 0 Å². The number of carboxylic acids is 2. The lowest BCUT2D eigenvalue weighted by Gasteiger charge is -2.21. The van der Waals surface area contributed by atoms with Crippen LogP contribution in [0.1, 0.15) is 90.4 Å². The molecule has 0 radical (unpaired) electrons. The largest absolute Gasteiger partial charge is 0.478 e. The number of carbonyl (C=O) groups excluding carboxylic acids is 1. The Morgan fingerprint density at radius 3 is 1.94 bits per heavy atom. The molecule has 0 rings (SSSR count). The van der Waals surface area contributed by atoms with Crippen LogP contribution in [0.2, 0.25) is 0 Å². The molecule has 0 aromatic rings. The quantitative estimate of drug-likeness (QED) is 0.116. The summed E-state index contributed by atoms with van der Waals surface area (Å²) in [6.07, 6.45) is 14.8. The smallest absolute Gasteiger partial charge is 0.353 e. The maximum atomic E-state index is 14.1. The Hall–Kier alpha value is -1.96. The van der Waals surface area contributed by atoms with Crippen molar-refractivity contribution in [2.75, 3.05) is 13.7 Å². The van der Waals surface area contributed by atoms with Gasteiger partial charge in [-0.3, -0.25) is 4.79 Å². The minimum atomic E-state index is -3.49. The summed E-state index contributed by atoms with van der Waals surface area (Å²) in [5.41, 5.74) is -3.49. The van der Waals surface area contributed by atoms with Crippen molar-refractivity contribution >= 4 is 17.9 Å². The van der Waals surface area contributed by atoms with Crippen LogP contribution in [0.25, 0.3) is 0 Å². The van der Waals surface area contributed by atoms with Crippen LogP contribution in [-0.4, -0.2) is 53.6 Å². The van der Waals surface area contributed by atoms with E-state index in [1.54, 1.807) is 0 Å². The van der Waals surface area contributed by atoms with Crippen LogP contribution < -0.4 is 0 Å². The monoisotopic (exact) mass is 446 g/mol. The van der Waals surface area contributed by atoms with Crippen molar-refractivity contribution in [3.63, 3.8) is 0 Å². The van der Waals surface area contributed by atoms with Gasteiger partial charge >= 0.3 is 23.6 Å². The molecule has 0 heterocycles. The number of carboxylic acid groups (broad SMARTS) is 2. The number of methoxy groups -OCH3 is 1. The van der Waals surface area contributed by atoms with E-state index in [9.17, 15) is 18.8 Å². The topological polar surface area (TPSA) is 110 Å². The van der Waals surface area contributed by atoms with E-state index in [0.717, 1.165) is 38.5 Å². The molecule has 7 nitrogen and oxygen atoms in total. The summed E-state index contributed by atoms with van der Waals surface area (Å²) in [5, 5.41) is 17.6. The second-order valence-corrected chi connectivity index (χ2v) is 7.78. The molecule has 0 unspecified atom stereocenters. The number of hydrogen-bond acceptors (Lipinski definition) is 5. The average Bonchev–Trinajstić information content (AvgIpc) is 2.73. The number of aliphatic carboxylic acids is 2. The highest BCUT2D eigenvalue weighted by Crippen LogP contribution is 2.21. The lowest BCUT2D eigenvalue weighted by molar-refractivity contribution is -0.171. The zero-order chi connectivity index (χ0) is 23.5. The predicted octanol–water partition coefficient (Wildman–Crippen LogP) is 5.07. The molecular formula is C23H39FO7. The van der Waals surface area contributed by atoms with Gasteiger partial charge in [-0.25, -0.2) is 14.0 Å². The first-order chi connectivity index (χ1) is 14.8. The van der Waals surface area contributed by atoms with Gasteiger partial charge in [-0.1, -0.05) is 57.6 Å². The van der Waals surface area contributed by atoms with Crippen molar-refractivity contribution in [1.29, 1.82) is 0 Å². The summed E-state index contributed by atoms with van der Waals surface area (Å²) in [6, 6.07) is 0. The van der Waals surface area contributed by atoms with Crippen molar-refractivity contribution in [2.45, 2.75) is 102 Å². The summed E-state index contributed by atoms with van der Waals surface area (Å²) in [5.74, 6) is -4.73. The molecule has 2 N–H and O–H groups in total. The molecule has 0 fully saturated rings. The van der Waals surface area contributed by atoms with Crippen LogP contribution in [0.5, 0.6) is 0 Å². The van der Waals surface area contributed by atoms with Crippen molar-refractivity contribution < 1.29 is 38.5 Å². The molecule has 1 atom stereocenters. The van der Waals surface area contributed by atoms with Gasteiger partial charge in [0.15, 0.2) is 0 Å². The van der Waals surface area contributed by atoms with Gasteiger partial charge in [0, 0.05) is 20.0 Å². The first-order valence-corrected chi connectivity index (χ1v) is 11.3.